The summed E-state index contributed by atoms with van der Waals surface area (Å²) in [5.74, 6) is 1.41. The molecule has 2 aromatic carbocycles. The van der Waals surface area contributed by atoms with E-state index >= 15 is 0 Å². The first-order chi connectivity index (χ1) is 19.1. The molecule has 0 bridgehead atoms. The highest BCUT2D eigenvalue weighted by Crippen LogP contribution is 2.48. The molecule has 1 aliphatic carbocycles. The lowest BCUT2D eigenvalue weighted by Gasteiger charge is -2.47. The summed E-state index contributed by atoms with van der Waals surface area (Å²) in [7, 11) is 6.53. The average molecular weight is 537 g/mol. The van der Waals surface area contributed by atoms with Crippen LogP contribution in [0.4, 0.5) is 5.69 Å². The van der Waals surface area contributed by atoms with Crippen molar-refractivity contribution in [2.24, 2.45) is 0 Å². The van der Waals surface area contributed by atoms with Crippen molar-refractivity contribution < 1.29 is 28.5 Å². The first-order valence-corrected chi connectivity index (χ1v) is 13.4. The van der Waals surface area contributed by atoms with Crippen molar-refractivity contribution in [3.63, 3.8) is 0 Å². The molecule has 0 saturated heterocycles. The van der Waals surface area contributed by atoms with Crippen LogP contribution >= 0.6 is 0 Å². The van der Waals surface area contributed by atoms with Gasteiger partial charge in [-0.2, -0.15) is 0 Å². The molecule has 8 nitrogen and oxygen atoms in total. The zero-order valence-electron chi connectivity index (χ0n) is 23.4. The Morgan fingerprint density at radius 2 is 1.56 bits per heavy atom. The van der Waals surface area contributed by atoms with Gasteiger partial charge in [-0.15, -0.1) is 0 Å². The molecule has 1 fully saturated rings. The van der Waals surface area contributed by atoms with Gasteiger partial charge in [-0.1, -0.05) is 61.7 Å². The van der Waals surface area contributed by atoms with Gasteiger partial charge in [-0.05, 0) is 42.2 Å². The molecule has 39 heavy (non-hydrogen) atoms. The molecule has 8 heteroatoms. The molecule has 210 valence electrons. The van der Waals surface area contributed by atoms with Crippen molar-refractivity contribution in [1.82, 2.24) is 4.98 Å². The van der Waals surface area contributed by atoms with Crippen LogP contribution in [0.15, 0.2) is 66.9 Å². The van der Waals surface area contributed by atoms with Crippen molar-refractivity contribution in [3.05, 3.63) is 83.7 Å². The van der Waals surface area contributed by atoms with Crippen molar-refractivity contribution in [3.8, 4) is 11.5 Å². The van der Waals surface area contributed by atoms with Crippen LogP contribution in [-0.2, 0) is 37.8 Å². The minimum atomic E-state index is -0.420. The maximum absolute atomic E-state index is 6.75. The third kappa shape index (κ3) is 6.89. The third-order valence-electron chi connectivity index (χ3n) is 7.24. The molecule has 1 aromatic heterocycles. The molecule has 1 heterocycles. The van der Waals surface area contributed by atoms with Crippen LogP contribution in [0.1, 0.15) is 48.9 Å². The van der Waals surface area contributed by atoms with Crippen molar-refractivity contribution in [1.29, 1.82) is 0 Å². The maximum Gasteiger partial charge on any atom is 0.191 e. The molecule has 0 aliphatic heterocycles. The van der Waals surface area contributed by atoms with Crippen LogP contribution in [0.5, 0.6) is 11.5 Å². The summed E-state index contributed by atoms with van der Waals surface area (Å²) in [5, 5.41) is 2.07. The van der Waals surface area contributed by atoms with Crippen LogP contribution in [-0.4, -0.2) is 46.3 Å². The smallest absolute Gasteiger partial charge is 0.191 e. The molecule has 3 aromatic rings. The first kappa shape index (κ1) is 28.8. The summed E-state index contributed by atoms with van der Waals surface area (Å²) < 4.78 is 27.8. The summed E-state index contributed by atoms with van der Waals surface area (Å²) in [5.41, 5.74) is 3.40. The number of hydrogen-bond acceptors (Lipinski definition) is 8. The summed E-state index contributed by atoms with van der Waals surface area (Å²) in [6, 6.07) is 20.5. The Morgan fingerprint density at radius 3 is 2.21 bits per heavy atom. The number of methoxy groups -OCH3 is 4. The van der Waals surface area contributed by atoms with E-state index in [9.17, 15) is 0 Å². The van der Waals surface area contributed by atoms with E-state index in [0.717, 1.165) is 53.9 Å². The van der Waals surface area contributed by atoms with Crippen LogP contribution in [0.25, 0.3) is 0 Å². The third-order valence-corrected chi connectivity index (χ3v) is 7.24. The van der Waals surface area contributed by atoms with E-state index in [0.29, 0.717) is 25.6 Å². The van der Waals surface area contributed by atoms with Gasteiger partial charge in [-0.3, -0.25) is 9.82 Å². The molecule has 0 amide bonds. The van der Waals surface area contributed by atoms with Gasteiger partial charge in [0.15, 0.2) is 12.0 Å². The molecular weight excluding hydrogens is 496 g/mol. The number of hydroxylamine groups is 1. The Bertz CT molecular complexity index is 1130. The second-order valence-corrected chi connectivity index (χ2v) is 9.63. The lowest BCUT2D eigenvalue weighted by atomic mass is 9.76. The molecule has 1 saturated carbocycles. The standard InChI is InChI=1S/C31H40N2O6/c1-34-22-27-30(37-4)28(17-20-32-27)33(39-21-24-11-7-5-8-12-24)31(18-9-6-10-19-31)25-13-15-26(16-14-25)38-23-29(35-2)36-3/h5,7-8,11-17,20,29H,6,9-10,18-19,21-23H2,1-4H3. The van der Waals surface area contributed by atoms with Crippen molar-refractivity contribution in [2.45, 2.75) is 57.1 Å². The number of ether oxygens (including phenoxy) is 5. The normalized spacial score (nSPS) is 14.8. The number of benzene rings is 2. The number of hydrogen-bond donors (Lipinski definition) is 0. The molecule has 0 unspecified atom stereocenters. The molecule has 0 atom stereocenters. The number of anilines is 1. The van der Waals surface area contributed by atoms with Crippen molar-refractivity contribution in [2.75, 3.05) is 40.1 Å². The molecule has 4 rings (SSSR count). The highest BCUT2D eigenvalue weighted by molar-refractivity contribution is 5.61. The molecule has 0 N–H and O–H groups in total. The van der Waals surface area contributed by atoms with Gasteiger partial charge in [0.05, 0.1) is 25.9 Å². The lowest BCUT2D eigenvalue weighted by molar-refractivity contribution is -0.121. The van der Waals surface area contributed by atoms with Crippen LogP contribution in [0.3, 0.4) is 0 Å². The predicted molar refractivity (Wildman–Crippen MR) is 150 cm³/mol. The summed E-state index contributed by atoms with van der Waals surface area (Å²) in [6.45, 7) is 1.07. The van der Waals surface area contributed by atoms with E-state index < -0.39 is 11.8 Å². The Hall–Kier alpha value is -3.17. The van der Waals surface area contributed by atoms with Gasteiger partial charge in [-0.25, -0.2) is 5.06 Å². The fourth-order valence-electron chi connectivity index (χ4n) is 5.24. The fraction of sp³-hybridized carbons (Fsp3) is 0.452. The van der Waals surface area contributed by atoms with Crippen LogP contribution in [0, 0.1) is 0 Å². The van der Waals surface area contributed by atoms with E-state index in [1.54, 1.807) is 34.6 Å². The van der Waals surface area contributed by atoms with Gasteiger partial charge in [0.25, 0.3) is 0 Å². The number of rotatable bonds is 14. The maximum atomic E-state index is 6.75. The quantitative estimate of drug-likeness (QED) is 0.183. The average Bonchev–Trinajstić information content (AvgIpc) is 2.99. The number of aromatic nitrogens is 1. The Balaban J connectivity index is 1.74. The van der Waals surface area contributed by atoms with E-state index in [-0.39, 0.29) is 0 Å². The van der Waals surface area contributed by atoms with Gasteiger partial charge in [0.1, 0.15) is 23.7 Å². The van der Waals surface area contributed by atoms with Gasteiger partial charge in [0.2, 0.25) is 0 Å². The zero-order valence-corrected chi connectivity index (χ0v) is 23.4. The Kier molecular flexibility index (Phi) is 10.6. The SMILES string of the molecule is COCc1nccc(N(OCc2ccccc2)C2(c3ccc(OCC(OC)OC)cc3)CCCCC2)c1OC. The largest absolute Gasteiger partial charge is 0.492 e. The highest BCUT2D eigenvalue weighted by Gasteiger charge is 2.42. The zero-order chi connectivity index (χ0) is 27.5. The van der Waals surface area contributed by atoms with E-state index in [1.807, 2.05) is 36.4 Å². The minimum Gasteiger partial charge on any atom is -0.492 e. The summed E-state index contributed by atoms with van der Waals surface area (Å²) in [6.07, 6.45) is 6.60. The second-order valence-electron chi connectivity index (χ2n) is 9.63. The first-order valence-electron chi connectivity index (χ1n) is 13.4. The minimum absolute atomic E-state index is 0.306. The Morgan fingerprint density at radius 1 is 0.846 bits per heavy atom. The monoisotopic (exact) mass is 536 g/mol. The van der Waals surface area contributed by atoms with E-state index in [1.165, 1.54) is 6.42 Å². The van der Waals surface area contributed by atoms with Gasteiger partial charge in [0, 0.05) is 27.5 Å². The van der Waals surface area contributed by atoms with Crippen LogP contribution < -0.4 is 14.5 Å². The van der Waals surface area contributed by atoms with Gasteiger partial charge < -0.3 is 23.7 Å². The number of pyridine rings is 1. The van der Waals surface area contributed by atoms with E-state index in [4.69, 9.17) is 28.5 Å². The predicted octanol–water partition coefficient (Wildman–Crippen LogP) is 6.03. The highest BCUT2D eigenvalue weighted by atomic mass is 16.7. The molecule has 1 aliphatic rings. The summed E-state index contributed by atoms with van der Waals surface area (Å²) in [4.78, 5) is 11.3. The molecule has 0 radical (unpaired) electrons. The second kappa shape index (κ2) is 14.3. The van der Waals surface area contributed by atoms with E-state index in [2.05, 4.69) is 34.3 Å². The lowest BCUT2D eigenvalue weighted by Crippen LogP contribution is -2.48. The molecular formula is C31H40N2O6. The van der Waals surface area contributed by atoms with Crippen LogP contribution in [0.2, 0.25) is 0 Å². The summed E-state index contributed by atoms with van der Waals surface area (Å²) >= 11 is 0. The van der Waals surface area contributed by atoms with Crippen molar-refractivity contribution >= 4 is 5.69 Å². The Labute approximate surface area is 231 Å². The molecule has 0 spiro atoms. The van der Waals surface area contributed by atoms with Gasteiger partial charge >= 0.3 is 0 Å². The number of nitrogens with zero attached hydrogens (tertiary/aromatic N) is 2. The fourth-order valence-corrected chi connectivity index (χ4v) is 5.24. The topological polar surface area (TPSA) is 71.5 Å².